The molecule has 1 N–H and O–H groups in total. The van der Waals surface area contributed by atoms with Crippen molar-refractivity contribution in [2.45, 2.75) is 6.42 Å². The van der Waals surface area contributed by atoms with E-state index in [0.29, 0.717) is 11.3 Å². The Morgan fingerprint density at radius 1 is 1.00 bits per heavy atom. The lowest BCUT2D eigenvalue weighted by atomic mass is 10.1. The number of pyridine rings is 1. The maximum absolute atomic E-state index is 12.4. The van der Waals surface area contributed by atoms with Gasteiger partial charge in [-0.15, -0.1) is 0 Å². The summed E-state index contributed by atoms with van der Waals surface area (Å²) in [7, 11) is 0. The Hall–Kier alpha value is -3.21. The number of carbonyl (C=O) groups excluding carboxylic acids is 1. The molecule has 0 radical (unpaired) electrons. The largest absolute Gasteiger partial charge is 0.356 e. The summed E-state index contributed by atoms with van der Waals surface area (Å²) in [5.41, 5.74) is 2.91. The van der Waals surface area contributed by atoms with Crippen LogP contribution in [0.5, 0.6) is 0 Å². The smallest absolute Gasteiger partial charge is 0.230 e. The number of aromatic nitrogens is 2. The summed E-state index contributed by atoms with van der Waals surface area (Å²) in [5, 5.41) is 8.69. The van der Waals surface area contributed by atoms with Crippen LogP contribution in [0.2, 0.25) is 0 Å². The lowest BCUT2D eigenvalue weighted by Gasteiger charge is -2.07. The minimum absolute atomic E-state index is 0.139. The zero-order chi connectivity index (χ0) is 15.6. The molecule has 0 bridgehead atoms. The molecule has 4 rings (SSSR count). The standard InChI is InChI=1S/C18H13N3O2/c22-18(11-16-13-6-2-4-8-17(13)23-21-16)20-15-9-10-19-14-7-3-1-5-12(14)15/h1-10H,11H2,(H,19,20,22). The van der Waals surface area contributed by atoms with E-state index in [9.17, 15) is 4.79 Å². The summed E-state index contributed by atoms with van der Waals surface area (Å²) in [4.78, 5) is 16.6. The minimum atomic E-state index is -0.139. The van der Waals surface area contributed by atoms with Crippen molar-refractivity contribution in [2.24, 2.45) is 0 Å². The van der Waals surface area contributed by atoms with E-state index < -0.39 is 0 Å². The van der Waals surface area contributed by atoms with Gasteiger partial charge in [0.15, 0.2) is 5.58 Å². The highest BCUT2D eigenvalue weighted by Crippen LogP contribution is 2.22. The topological polar surface area (TPSA) is 68.0 Å². The molecule has 1 amide bonds. The highest BCUT2D eigenvalue weighted by Gasteiger charge is 2.13. The van der Waals surface area contributed by atoms with Crippen molar-refractivity contribution in [2.75, 3.05) is 5.32 Å². The van der Waals surface area contributed by atoms with Gasteiger partial charge in [0.25, 0.3) is 0 Å². The van der Waals surface area contributed by atoms with Gasteiger partial charge in [-0.05, 0) is 24.3 Å². The fourth-order valence-corrected chi connectivity index (χ4v) is 2.62. The molecule has 0 unspecified atom stereocenters. The van der Waals surface area contributed by atoms with E-state index in [2.05, 4.69) is 15.5 Å². The van der Waals surface area contributed by atoms with E-state index in [1.54, 1.807) is 12.3 Å². The van der Waals surface area contributed by atoms with Crippen LogP contribution in [0.15, 0.2) is 65.3 Å². The summed E-state index contributed by atoms with van der Waals surface area (Å²) >= 11 is 0. The van der Waals surface area contributed by atoms with Gasteiger partial charge in [-0.2, -0.15) is 0 Å². The Labute approximate surface area is 131 Å². The Bertz CT molecular complexity index is 1000. The number of fused-ring (bicyclic) bond motifs is 2. The highest BCUT2D eigenvalue weighted by atomic mass is 16.5. The molecule has 0 saturated carbocycles. The summed E-state index contributed by atoms with van der Waals surface area (Å²) in [6.07, 6.45) is 1.84. The maximum atomic E-state index is 12.4. The van der Waals surface area contributed by atoms with Crippen molar-refractivity contribution in [3.63, 3.8) is 0 Å². The first kappa shape index (κ1) is 13.5. The molecule has 4 aromatic rings. The number of rotatable bonds is 3. The average Bonchev–Trinajstić information content (AvgIpc) is 2.98. The number of carbonyl (C=O) groups is 1. The predicted molar refractivity (Wildman–Crippen MR) is 88.1 cm³/mol. The molecule has 0 saturated heterocycles. The molecule has 0 fully saturated rings. The third-order valence-corrected chi connectivity index (χ3v) is 3.70. The van der Waals surface area contributed by atoms with Crippen LogP contribution < -0.4 is 5.32 Å². The van der Waals surface area contributed by atoms with E-state index in [1.807, 2.05) is 48.5 Å². The summed E-state index contributed by atoms with van der Waals surface area (Å²) in [6.45, 7) is 0. The Balaban J connectivity index is 1.60. The molecule has 0 spiro atoms. The number of nitrogens with zero attached hydrogens (tertiary/aromatic N) is 2. The lowest BCUT2D eigenvalue weighted by Crippen LogP contribution is -2.15. The monoisotopic (exact) mass is 303 g/mol. The van der Waals surface area contributed by atoms with Crippen LogP contribution in [0.3, 0.4) is 0 Å². The maximum Gasteiger partial charge on any atom is 0.230 e. The molecule has 5 nitrogen and oxygen atoms in total. The molecule has 0 aliphatic carbocycles. The van der Waals surface area contributed by atoms with Gasteiger partial charge < -0.3 is 9.84 Å². The van der Waals surface area contributed by atoms with Crippen LogP contribution in [-0.4, -0.2) is 16.0 Å². The third kappa shape index (κ3) is 2.53. The minimum Gasteiger partial charge on any atom is -0.356 e. The molecule has 2 aromatic heterocycles. The Morgan fingerprint density at radius 3 is 2.70 bits per heavy atom. The van der Waals surface area contributed by atoms with E-state index >= 15 is 0 Å². The predicted octanol–water partition coefficient (Wildman–Crippen LogP) is 3.56. The zero-order valence-corrected chi connectivity index (χ0v) is 12.2. The van der Waals surface area contributed by atoms with E-state index in [0.717, 1.165) is 22.0 Å². The Morgan fingerprint density at radius 2 is 1.78 bits per heavy atom. The molecule has 0 atom stereocenters. The number of hydrogen-bond donors (Lipinski definition) is 1. The SMILES string of the molecule is O=C(Cc1noc2ccccc12)Nc1ccnc2ccccc12. The van der Waals surface area contributed by atoms with E-state index in [-0.39, 0.29) is 12.3 Å². The number of amides is 1. The fourth-order valence-electron chi connectivity index (χ4n) is 2.62. The van der Waals surface area contributed by atoms with Gasteiger partial charge in [0.2, 0.25) is 5.91 Å². The van der Waals surface area contributed by atoms with Crippen LogP contribution >= 0.6 is 0 Å². The van der Waals surface area contributed by atoms with Crippen molar-refractivity contribution in [1.82, 2.24) is 10.1 Å². The van der Waals surface area contributed by atoms with Gasteiger partial charge in [0, 0.05) is 17.0 Å². The molecule has 112 valence electrons. The molecule has 23 heavy (non-hydrogen) atoms. The van der Waals surface area contributed by atoms with Crippen LogP contribution in [-0.2, 0) is 11.2 Å². The van der Waals surface area contributed by atoms with Gasteiger partial charge in [-0.3, -0.25) is 9.78 Å². The molecular weight excluding hydrogens is 290 g/mol. The second-order valence-electron chi connectivity index (χ2n) is 5.23. The van der Waals surface area contributed by atoms with Gasteiger partial charge in [0.05, 0.1) is 17.6 Å². The summed E-state index contributed by atoms with van der Waals surface area (Å²) in [5.74, 6) is -0.139. The van der Waals surface area contributed by atoms with Crippen LogP contribution in [0.1, 0.15) is 5.69 Å². The second-order valence-corrected chi connectivity index (χ2v) is 5.23. The van der Waals surface area contributed by atoms with Crippen LogP contribution in [0.25, 0.3) is 21.9 Å². The van der Waals surface area contributed by atoms with Crippen molar-refractivity contribution in [3.8, 4) is 0 Å². The van der Waals surface area contributed by atoms with Gasteiger partial charge in [0.1, 0.15) is 5.69 Å². The van der Waals surface area contributed by atoms with Crippen molar-refractivity contribution in [1.29, 1.82) is 0 Å². The molecule has 2 aromatic carbocycles. The third-order valence-electron chi connectivity index (χ3n) is 3.70. The van der Waals surface area contributed by atoms with E-state index in [4.69, 9.17) is 4.52 Å². The molecule has 0 aliphatic heterocycles. The molecule has 5 heteroatoms. The zero-order valence-electron chi connectivity index (χ0n) is 12.2. The first-order chi connectivity index (χ1) is 11.3. The lowest BCUT2D eigenvalue weighted by molar-refractivity contribution is -0.115. The number of hydrogen-bond acceptors (Lipinski definition) is 4. The molecule has 0 aliphatic rings. The van der Waals surface area contributed by atoms with Crippen molar-refractivity contribution >= 4 is 33.5 Å². The average molecular weight is 303 g/mol. The number of anilines is 1. The van der Waals surface area contributed by atoms with Gasteiger partial charge >= 0.3 is 0 Å². The summed E-state index contributed by atoms with van der Waals surface area (Å²) in [6, 6.07) is 17.0. The normalized spacial score (nSPS) is 11.0. The fraction of sp³-hybridized carbons (Fsp3) is 0.0556. The quantitative estimate of drug-likeness (QED) is 0.628. The van der Waals surface area contributed by atoms with Crippen LogP contribution in [0.4, 0.5) is 5.69 Å². The first-order valence-corrected chi connectivity index (χ1v) is 7.28. The Kier molecular flexibility index (Phi) is 3.24. The number of para-hydroxylation sites is 2. The highest BCUT2D eigenvalue weighted by molar-refractivity contribution is 6.02. The summed E-state index contributed by atoms with van der Waals surface area (Å²) < 4.78 is 5.23. The first-order valence-electron chi connectivity index (χ1n) is 7.28. The number of nitrogens with one attached hydrogen (secondary N) is 1. The van der Waals surface area contributed by atoms with Crippen molar-refractivity contribution in [3.05, 3.63) is 66.5 Å². The number of benzene rings is 2. The van der Waals surface area contributed by atoms with Crippen LogP contribution in [0, 0.1) is 0 Å². The van der Waals surface area contributed by atoms with Gasteiger partial charge in [-0.25, -0.2) is 0 Å². The van der Waals surface area contributed by atoms with E-state index in [1.165, 1.54) is 0 Å². The molecule has 2 heterocycles. The second kappa shape index (κ2) is 5.53. The van der Waals surface area contributed by atoms with Gasteiger partial charge in [-0.1, -0.05) is 35.5 Å². The van der Waals surface area contributed by atoms with Crippen molar-refractivity contribution < 1.29 is 9.32 Å². The molecular formula is C18H13N3O2.